The lowest BCUT2D eigenvalue weighted by Gasteiger charge is -2.48. The number of amides is 5. The van der Waals surface area contributed by atoms with Crippen LogP contribution in [0.3, 0.4) is 0 Å². The molecule has 0 bridgehead atoms. The van der Waals surface area contributed by atoms with Crippen LogP contribution < -0.4 is 21.3 Å². The van der Waals surface area contributed by atoms with E-state index in [2.05, 4.69) is 34.4 Å². The van der Waals surface area contributed by atoms with E-state index in [1.165, 1.54) is 27.8 Å². The molecule has 1 aliphatic heterocycles. The minimum absolute atomic E-state index is 0.0354. The average Bonchev–Trinajstić information content (AvgIpc) is 3.50. The lowest BCUT2D eigenvalue weighted by Crippen LogP contribution is -2.63. The number of hydrogen-bond donors (Lipinski definition) is 5. The number of urea groups is 1. The Morgan fingerprint density at radius 2 is 1.62 bits per heavy atom. The number of carbonyl (C=O) groups excluding carboxylic acids is 5. The van der Waals surface area contributed by atoms with Crippen molar-refractivity contribution in [2.45, 2.75) is 105 Å². The SMILES string of the molecule is C=CCNC(=O)C(=O)C(CCCC)NC(=O)[C@@H]1[C@@H](C=C)CCN1C(=O)[C@@H](NC(=O)N[C@H](CN(Cc1ccccc1)S(C)(C)(=O)O)C(C)(C)C)C(C)(C)C. The van der Waals surface area contributed by atoms with E-state index in [1.807, 2.05) is 58.0 Å². The van der Waals surface area contributed by atoms with Gasteiger partial charge in [-0.15, -0.1) is 22.7 Å². The van der Waals surface area contributed by atoms with E-state index >= 15 is 0 Å². The topological polar surface area (TPSA) is 177 Å². The molecule has 1 aromatic rings. The van der Waals surface area contributed by atoms with Crippen LogP contribution in [-0.4, -0.2) is 104 Å². The number of unbranched alkanes of at least 4 members (excludes halogenated alkanes) is 1. The van der Waals surface area contributed by atoms with Gasteiger partial charge in [0.15, 0.2) is 0 Å². The van der Waals surface area contributed by atoms with E-state index < -0.39 is 80.0 Å². The van der Waals surface area contributed by atoms with Crippen molar-refractivity contribution in [1.29, 1.82) is 0 Å². The first-order valence-electron chi connectivity index (χ1n) is 18.3. The number of nitrogens with one attached hydrogen (secondary N) is 4. The van der Waals surface area contributed by atoms with Crippen LogP contribution >= 0.6 is 0 Å². The summed E-state index contributed by atoms with van der Waals surface area (Å²) in [4.78, 5) is 69.2. The van der Waals surface area contributed by atoms with Gasteiger partial charge in [0, 0.05) is 50.7 Å². The van der Waals surface area contributed by atoms with Crippen molar-refractivity contribution < 1.29 is 32.7 Å². The maximum atomic E-state index is 14.4. The highest BCUT2D eigenvalue weighted by atomic mass is 32.3. The Balaban J connectivity index is 2.37. The Hall–Kier alpha value is -3.88. The molecule has 1 saturated heterocycles. The van der Waals surface area contributed by atoms with E-state index in [-0.39, 0.29) is 32.6 Å². The van der Waals surface area contributed by atoms with Gasteiger partial charge in [0.25, 0.3) is 5.91 Å². The average molecular weight is 761 g/mol. The Labute approximate surface area is 316 Å². The van der Waals surface area contributed by atoms with Crippen LogP contribution in [-0.2, 0) is 35.3 Å². The molecule has 0 aromatic heterocycles. The second kappa shape index (κ2) is 18.4. The van der Waals surface area contributed by atoms with Crippen LogP contribution in [0.1, 0.15) is 79.7 Å². The van der Waals surface area contributed by atoms with Gasteiger partial charge in [-0.05, 0) is 29.2 Å². The number of ketones is 1. The number of nitrogens with zero attached hydrogens (tertiary/aromatic N) is 2. The molecule has 14 heteroatoms. The van der Waals surface area contributed by atoms with Crippen molar-refractivity contribution in [3.05, 3.63) is 61.2 Å². The number of rotatable bonds is 18. The molecule has 1 aliphatic rings. The van der Waals surface area contributed by atoms with E-state index in [0.29, 0.717) is 12.8 Å². The molecule has 5 amide bonds. The van der Waals surface area contributed by atoms with Crippen LogP contribution in [0.5, 0.6) is 0 Å². The summed E-state index contributed by atoms with van der Waals surface area (Å²) in [6.45, 7) is 21.0. The highest BCUT2D eigenvalue weighted by Gasteiger charge is 2.46. The van der Waals surface area contributed by atoms with Gasteiger partial charge in [0.1, 0.15) is 12.1 Å². The summed E-state index contributed by atoms with van der Waals surface area (Å²) in [5.74, 6) is -3.13. The number of likely N-dealkylation sites (tertiary alicyclic amines) is 1. The molecule has 298 valence electrons. The quantitative estimate of drug-likeness (QED) is 0.111. The fourth-order valence-corrected chi connectivity index (χ4v) is 7.22. The highest BCUT2D eigenvalue weighted by molar-refractivity contribution is 8.11. The van der Waals surface area contributed by atoms with Crippen molar-refractivity contribution in [2.75, 3.05) is 32.1 Å². The molecule has 5 N–H and O–H groups in total. The first-order valence-corrected chi connectivity index (χ1v) is 21.0. The van der Waals surface area contributed by atoms with E-state index in [9.17, 15) is 32.7 Å². The summed E-state index contributed by atoms with van der Waals surface area (Å²) in [7, 11) is -4.27. The zero-order valence-electron chi connectivity index (χ0n) is 33.2. The molecule has 13 nitrogen and oxygen atoms in total. The van der Waals surface area contributed by atoms with Crippen molar-refractivity contribution >= 4 is 39.1 Å². The number of carbonyl (C=O) groups is 5. The van der Waals surface area contributed by atoms with Crippen LogP contribution in [0.2, 0.25) is 0 Å². The molecule has 1 fully saturated rings. The van der Waals surface area contributed by atoms with Gasteiger partial charge in [-0.1, -0.05) is 104 Å². The molecule has 1 aromatic carbocycles. The largest absolute Gasteiger partial charge is 0.346 e. The molecular formula is C39H64N6O7S. The van der Waals surface area contributed by atoms with Gasteiger partial charge in [-0.25, -0.2) is 9.10 Å². The second-order valence-electron chi connectivity index (χ2n) is 16.6. The van der Waals surface area contributed by atoms with Crippen LogP contribution in [0.25, 0.3) is 0 Å². The van der Waals surface area contributed by atoms with E-state index in [0.717, 1.165) is 12.0 Å². The first-order chi connectivity index (χ1) is 24.4. The van der Waals surface area contributed by atoms with Gasteiger partial charge in [-0.3, -0.25) is 23.7 Å². The summed E-state index contributed by atoms with van der Waals surface area (Å²) in [5, 5.41) is 11.0. The summed E-state index contributed by atoms with van der Waals surface area (Å²) in [6.07, 6.45) is 7.62. The molecule has 0 aliphatic carbocycles. The zero-order valence-corrected chi connectivity index (χ0v) is 34.0. The molecule has 0 radical (unpaired) electrons. The first kappa shape index (κ1) is 45.3. The molecule has 5 atom stereocenters. The lowest BCUT2D eigenvalue weighted by atomic mass is 9.85. The number of Topliss-reactive ketones (excluding diaryl/α,β-unsaturated/α-hetero) is 1. The fraction of sp³-hybridized carbons (Fsp3) is 0.615. The molecule has 1 unspecified atom stereocenters. The summed E-state index contributed by atoms with van der Waals surface area (Å²) < 4.78 is 26.2. The normalized spacial score (nSPS) is 18.8. The summed E-state index contributed by atoms with van der Waals surface area (Å²) >= 11 is 0. The van der Waals surface area contributed by atoms with Crippen LogP contribution in [0.15, 0.2) is 55.6 Å². The Morgan fingerprint density at radius 3 is 2.13 bits per heavy atom. The minimum Gasteiger partial charge on any atom is -0.346 e. The molecule has 2 rings (SSSR count). The van der Waals surface area contributed by atoms with Crippen LogP contribution in [0, 0.1) is 16.7 Å². The van der Waals surface area contributed by atoms with Crippen molar-refractivity contribution in [1.82, 2.24) is 30.5 Å². The number of hydrogen-bond acceptors (Lipinski definition) is 6. The van der Waals surface area contributed by atoms with Crippen LogP contribution in [0.4, 0.5) is 4.79 Å². The molecular weight excluding hydrogens is 697 g/mol. The van der Waals surface area contributed by atoms with Crippen molar-refractivity contribution in [2.24, 2.45) is 16.7 Å². The standard InChI is InChI=1S/C39H64N6O7S/c1-12-15-21-29(32(46)35(48)40-23-13-2)41-34(47)31-28(14-3)22-24-45(31)36(49)33(39(7,8)9)43-37(50)42-30(38(4,5)6)26-44(53(10,11,51)52)25-27-19-17-16-18-20-27/h13-14,16-20,28-31,33H,2-3,12,15,21-26H2,1,4-11H3,(H,40,48)(H,41,47)(H,51,52)(H2,42,43,50)/t28-,29?,30+,31-,33+/m0/s1. The monoisotopic (exact) mass is 760 g/mol. The predicted molar refractivity (Wildman–Crippen MR) is 211 cm³/mol. The van der Waals surface area contributed by atoms with Gasteiger partial charge < -0.3 is 26.2 Å². The zero-order chi connectivity index (χ0) is 40.4. The molecule has 0 spiro atoms. The third-order valence-electron chi connectivity index (χ3n) is 9.47. The maximum Gasteiger partial charge on any atom is 0.315 e. The third kappa shape index (κ3) is 13.5. The predicted octanol–water partition coefficient (Wildman–Crippen LogP) is 4.03. The van der Waals surface area contributed by atoms with Gasteiger partial charge in [0.05, 0.1) is 6.04 Å². The van der Waals surface area contributed by atoms with E-state index in [1.54, 1.807) is 26.8 Å². The lowest BCUT2D eigenvalue weighted by molar-refractivity contribution is -0.144. The minimum atomic E-state index is -4.27. The second-order valence-corrected chi connectivity index (χ2v) is 20.5. The van der Waals surface area contributed by atoms with Gasteiger partial charge in [-0.2, -0.15) is 4.21 Å². The van der Waals surface area contributed by atoms with Crippen molar-refractivity contribution in [3.8, 4) is 0 Å². The number of benzene rings is 1. The summed E-state index contributed by atoms with van der Waals surface area (Å²) in [6, 6.07) is 4.82. The molecule has 0 saturated carbocycles. The molecule has 1 heterocycles. The van der Waals surface area contributed by atoms with Crippen molar-refractivity contribution in [3.63, 3.8) is 0 Å². The molecule has 53 heavy (non-hydrogen) atoms. The summed E-state index contributed by atoms with van der Waals surface area (Å²) in [5.41, 5.74) is -0.542. The maximum absolute atomic E-state index is 14.4. The smallest absolute Gasteiger partial charge is 0.315 e. The fourth-order valence-electron chi connectivity index (χ4n) is 6.12. The highest BCUT2D eigenvalue weighted by Crippen LogP contribution is 2.31. The Bertz CT molecular complexity index is 1530. The van der Waals surface area contributed by atoms with E-state index in [4.69, 9.17) is 0 Å². The third-order valence-corrected chi connectivity index (χ3v) is 11.2. The van der Waals surface area contributed by atoms with Gasteiger partial charge >= 0.3 is 6.03 Å². The Kier molecular flexibility index (Phi) is 15.8. The Morgan fingerprint density at radius 1 is 1.00 bits per heavy atom. The van der Waals surface area contributed by atoms with Gasteiger partial charge in [0.2, 0.25) is 17.6 Å².